The summed E-state index contributed by atoms with van der Waals surface area (Å²) in [6.45, 7) is 5.77. The molecule has 1 fully saturated rings. The molecule has 0 aromatic carbocycles. The minimum Gasteiger partial charge on any atom is -0.381 e. The number of hydrogen-bond donors (Lipinski definition) is 2. The second-order valence-electron chi connectivity index (χ2n) is 7.78. The number of halogens is 1. The van der Waals surface area contributed by atoms with Crippen molar-refractivity contribution in [3.05, 3.63) is 41.4 Å². The van der Waals surface area contributed by atoms with Crippen LogP contribution in [0.1, 0.15) is 10.4 Å². The van der Waals surface area contributed by atoms with Gasteiger partial charge in [-0.3, -0.25) is 14.7 Å². The highest BCUT2D eigenvalue weighted by molar-refractivity contribution is 6.30. The monoisotopic (exact) mass is 443 g/mol. The van der Waals surface area contributed by atoms with Gasteiger partial charge in [0.1, 0.15) is 5.56 Å². The van der Waals surface area contributed by atoms with Crippen molar-refractivity contribution >= 4 is 40.3 Å². The van der Waals surface area contributed by atoms with E-state index in [1.165, 1.54) is 10.7 Å². The van der Waals surface area contributed by atoms with Crippen molar-refractivity contribution in [2.45, 2.75) is 0 Å². The molecule has 0 saturated carbocycles. The van der Waals surface area contributed by atoms with Crippen molar-refractivity contribution in [3.63, 3.8) is 0 Å². The Kier molecular flexibility index (Phi) is 6.21. The first-order valence-corrected chi connectivity index (χ1v) is 10.5. The number of piperazine rings is 1. The molecule has 0 unspecified atom stereocenters. The van der Waals surface area contributed by atoms with Crippen LogP contribution in [0.3, 0.4) is 0 Å². The normalized spacial score (nSPS) is 15.0. The second kappa shape index (κ2) is 9.04. The Bertz CT molecular complexity index is 1080. The van der Waals surface area contributed by atoms with Crippen LogP contribution in [0.5, 0.6) is 0 Å². The highest BCUT2D eigenvalue weighted by Gasteiger charge is 2.23. The number of nitrogens with two attached hydrogens (primary N) is 1. The van der Waals surface area contributed by atoms with Gasteiger partial charge >= 0.3 is 0 Å². The summed E-state index contributed by atoms with van der Waals surface area (Å²) in [5.74, 6) is -0.298. The molecule has 10 nitrogen and oxygen atoms in total. The van der Waals surface area contributed by atoms with Crippen molar-refractivity contribution in [3.8, 4) is 0 Å². The molecule has 164 valence electrons. The largest absolute Gasteiger partial charge is 0.381 e. The number of fused-ring (bicyclic) bond motifs is 1. The average Bonchev–Trinajstić information content (AvgIpc) is 3.08. The number of likely N-dealkylation sites (N-methyl/N-ethyl adjacent to an activating group) is 1. The molecule has 0 spiro atoms. The zero-order valence-electron chi connectivity index (χ0n) is 17.6. The zero-order chi connectivity index (χ0) is 22.0. The molecule has 0 aliphatic carbocycles. The van der Waals surface area contributed by atoms with Gasteiger partial charge in [-0.05, 0) is 20.2 Å². The van der Waals surface area contributed by atoms with Crippen LogP contribution in [0.2, 0.25) is 5.02 Å². The highest BCUT2D eigenvalue weighted by atomic mass is 35.5. The second-order valence-corrected chi connectivity index (χ2v) is 8.22. The smallest absolute Gasteiger partial charge is 0.263 e. The predicted octanol–water partition coefficient (Wildman–Crippen LogP) is 1.30. The molecule has 31 heavy (non-hydrogen) atoms. The van der Waals surface area contributed by atoms with E-state index in [0.717, 1.165) is 45.0 Å². The Morgan fingerprint density at radius 1 is 1.26 bits per heavy atom. The summed E-state index contributed by atoms with van der Waals surface area (Å²) in [4.78, 5) is 28.4. The van der Waals surface area contributed by atoms with Gasteiger partial charge in [0.25, 0.3) is 5.91 Å². The van der Waals surface area contributed by atoms with Crippen LogP contribution >= 0.6 is 11.6 Å². The van der Waals surface area contributed by atoms with Gasteiger partial charge in [0.05, 0.1) is 28.8 Å². The molecule has 4 rings (SSSR count). The molecule has 4 heterocycles. The van der Waals surface area contributed by atoms with E-state index in [9.17, 15) is 4.79 Å². The highest BCUT2D eigenvalue weighted by Crippen LogP contribution is 2.27. The van der Waals surface area contributed by atoms with Crippen LogP contribution in [-0.4, -0.2) is 88.7 Å². The lowest BCUT2D eigenvalue weighted by molar-refractivity contribution is 0.102. The van der Waals surface area contributed by atoms with E-state index in [0.29, 0.717) is 16.4 Å². The van der Waals surface area contributed by atoms with Crippen molar-refractivity contribution in [2.24, 2.45) is 0 Å². The number of amides is 1. The van der Waals surface area contributed by atoms with Gasteiger partial charge in [-0.1, -0.05) is 11.6 Å². The lowest BCUT2D eigenvalue weighted by atomic mass is 10.2. The Labute approximate surface area is 185 Å². The predicted molar refractivity (Wildman–Crippen MR) is 122 cm³/mol. The summed E-state index contributed by atoms with van der Waals surface area (Å²) < 4.78 is 1.41. The summed E-state index contributed by atoms with van der Waals surface area (Å²) >= 11 is 5.96. The van der Waals surface area contributed by atoms with Crippen molar-refractivity contribution in [1.29, 1.82) is 0 Å². The molecule has 11 heteroatoms. The summed E-state index contributed by atoms with van der Waals surface area (Å²) in [7, 11) is 4.17. The standard InChI is InChI=1S/C20H26ClN9O/c1-27(2)5-6-28-7-9-29(10-8-28)16-3-4-23-12-15(16)25-20(31)17-18(22)26-30-13-14(21)11-24-19(17)30/h3-4,11-13H,5-10H2,1-2H3,(H2,22,26)(H,25,31). The van der Waals surface area contributed by atoms with Crippen LogP contribution in [0, 0.1) is 0 Å². The summed E-state index contributed by atoms with van der Waals surface area (Å²) in [5, 5.41) is 7.48. The van der Waals surface area contributed by atoms with E-state index in [2.05, 4.69) is 49.2 Å². The van der Waals surface area contributed by atoms with Crippen molar-refractivity contribution < 1.29 is 4.79 Å². The fourth-order valence-electron chi connectivity index (χ4n) is 3.64. The number of pyridine rings is 1. The van der Waals surface area contributed by atoms with Crippen LogP contribution in [-0.2, 0) is 0 Å². The molecule has 0 bridgehead atoms. The molecule has 1 aliphatic rings. The topological polar surface area (TPSA) is 108 Å². The maximum atomic E-state index is 13.1. The molecule has 1 aliphatic heterocycles. The maximum absolute atomic E-state index is 13.1. The number of aromatic nitrogens is 4. The lowest BCUT2D eigenvalue weighted by Crippen LogP contribution is -2.48. The third-order valence-corrected chi connectivity index (χ3v) is 5.51. The SMILES string of the molecule is CN(C)CCN1CCN(c2ccncc2NC(=O)c2c(N)nn3cc(Cl)cnc23)CC1. The Balaban J connectivity index is 1.50. The molecule has 0 atom stereocenters. The maximum Gasteiger partial charge on any atom is 0.263 e. The Hall–Kier alpha value is -2.95. The number of nitrogens with one attached hydrogen (secondary N) is 1. The average molecular weight is 444 g/mol. The molecule has 1 saturated heterocycles. The fourth-order valence-corrected chi connectivity index (χ4v) is 3.79. The van der Waals surface area contributed by atoms with Crippen LogP contribution in [0.25, 0.3) is 5.65 Å². The van der Waals surface area contributed by atoms with E-state index in [-0.39, 0.29) is 17.3 Å². The molecule has 3 aromatic heterocycles. The molecule has 3 aromatic rings. The van der Waals surface area contributed by atoms with Gasteiger partial charge in [0.15, 0.2) is 11.5 Å². The molecular weight excluding hydrogens is 418 g/mol. The number of nitrogen functional groups attached to an aromatic ring is 1. The third-order valence-electron chi connectivity index (χ3n) is 5.32. The van der Waals surface area contributed by atoms with Crippen molar-refractivity contribution in [1.82, 2.24) is 29.4 Å². The summed E-state index contributed by atoms with van der Waals surface area (Å²) in [5.41, 5.74) is 8.11. The fraction of sp³-hybridized carbons (Fsp3) is 0.400. The number of carbonyl (C=O) groups excluding carboxylic acids is 1. The van der Waals surface area contributed by atoms with E-state index in [1.807, 2.05) is 6.07 Å². The number of carbonyl (C=O) groups is 1. The molecule has 1 amide bonds. The van der Waals surface area contributed by atoms with Crippen molar-refractivity contribution in [2.75, 3.05) is 69.3 Å². The van der Waals surface area contributed by atoms with Gasteiger partial charge in [-0.25, -0.2) is 9.50 Å². The van der Waals surface area contributed by atoms with Gasteiger partial charge < -0.3 is 20.9 Å². The van der Waals surface area contributed by atoms with E-state index in [1.54, 1.807) is 18.6 Å². The number of hydrogen-bond acceptors (Lipinski definition) is 8. The Morgan fingerprint density at radius 3 is 2.77 bits per heavy atom. The molecular formula is C20H26ClN9O. The molecule has 3 N–H and O–H groups in total. The molecule has 0 radical (unpaired) electrons. The number of rotatable bonds is 6. The van der Waals surface area contributed by atoms with Crippen LogP contribution in [0.4, 0.5) is 17.2 Å². The van der Waals surface area contributed by atoms with Crippen LogP contribution in [0.15, 0.2) is 30.9 Å². The van der Waals surface area contributed by atoms with Gasteiger partial charge in [-0.2, -0.15) is 0 Å². The minimum absolute atomic E-state index is 0.0900. The quantitative estimate of drug-likeness (QED) is 0.586. The minimum atomic E-state index is -0.388. The number of nitrogens with zero attached hydrogens (tertiary/aromatic N) is 7. The van der Waals surface area contributed by atoms with Gasteiger partial charge in [0.2, 0.25) is 0 Å². The van der Waals surface area contributed by atoms with Crippen LogP contribution < -0.4 is 16.0 Å². The first-order valence-electron chi connectivity index (χ1n) is 10.1. The van der Waals surface area contributed by atoms with E-state index >= 15 is 0 Å². The first kappa shape index (κ1) is 21.3. The third kappa shape index (κ3) is 4.71. The number of anilines is 3. The summed E-state index contributed by atoms with van der Waals surface area (Å²) in [6.07, 6.45) is 6.40. The first-order chi connectivity index (χ1) is 14.9. The van der Waals surface area contributed by atoms with E-state index in [4.69, 9.17) is 17.3 Å². The Morgan fingerprint density at radius 2 is 2.03 bits per heavy atom. The van der Waals surface area contributed by atoms with Gasteiger partial charge in [-0.15, -0.1) is 5.10 Å². The summed E-state index contributed by atoms with van der Waals surface area (Å²) in [6, 6.07) is 1.92. The van der Waals surface area contributed by atoms with E-state index < -0.39 is 0 Å². The zero-order valence-corrected chi connectivity index (χ0v) is 18.4. The van der Waals surface area contributed by atoms with Gasteiger partial charge in [0, 0.05) is 51.7 Å². The lowest BCUT2D eigenvalue weighted by Gasteiger charge is -2.37.